The van der Waals surface area contributed by atoms with Crippen molar-refractivity contribution >= 4 is 23.5 Å². The highest BCUT2D eigenvalue weighted by atomic mass is 32.2. The van der Waals surface area contributed by atoms with Gasteiger partial charge < -0.3 is 14.4 Å². The van der Waals surface area contributed by atoms with Gasteiger partial charge >= 0.3 is 5.97 Å². The molecule has 4 rings (SSSR count). The largest absolute Gasteiger partial charge is 0.483 e. The van der Waals surface area contributed by atoms with Gasteiger partial charge in [0.15, 0.2) is 11.6 Å². The molecule has 2 aliphatic heterocycles. The number of ether oxygens (including phenoxy) is 2. The summed E-state index contributed by atoms with van der Waals surface area (Å²) < 4.78 is 11.8. The second kappa shape index (κ2) is 8.52. The first kappa shape index (κ1) is 19.9. The van der Waals surface area contributed by atoms with E-state index >= 15 is 0 Å². The molecule has 5 nitrogen and oxygen atoms in total. The predicted molar refractivity (Wildman–Crippen MR) is 112 cm³/mol. The molecule has 1 aliphatic carbocycles. The van der Waals surface area contributed by atoms with Crippen LogP contribution in [0.5, 0.6) is 5.75 Å². The molecule has 154 valence electrons. The topological polar surface area (TPSA) is 51.7 Å². The van der Waals surface area contributed by atoms with E-state index in [-0.39, 0.29) is 11.5 Å². The Labute approximate surface area is 172 Å². The smallest absolute Gasteiger partial charge is 0.306 e. The van der Waals surface area contributed by atoms with E-state index in [0.717, 1.165) is 42.3 Å². The lowest BCUT2D eigenvalue weighted by Crippen LogP contribution is -2.39. The standard InChI is InChI=1S/C22H32N2O3S/c1-3-5-7-16(4-2)15-26-19(25)9-13-28-17-8-11-23-21-20(17)27-18-14-22(18)10-6-12-24(21)22/h8,11,16,18H,3-7,9-10,12-15H2,1-2H3. The fraction of sp³-hybridized carbons (Fsp3) is 0.727. The zero-order valence-corrected chi connectivity index (χ0v) is 17.9. The molecule has 3 unspecified atom stereocenters. The van der Waals surface area contributed by atoms with Crippen LogP contribution in [0, 0.1) is 5.92 Å². The maximum absolute atomic E-state index is 12.1. The molecule has 2 fully saturated rings. The van der Waals surface area contributed by atoms with E-state index in [4.69, 9.17) is 9.47 Å². The molecule has 0 radical (unpaired) electrons. The number of anilines is 1. The Balaban J connectivity index is 1.27. The summed E-state index contributed by atoms with van der Waals surface area (Å²) in [7, 11) is 0. The molecule has 0 bridgehead atoms. The summed E-state index contributed by atoms with van der Waals surface area (Å²) in [5, 5.41) is 0. The predicted octanol–water partition coefficient (Wildman–Crippen LogP) is 4.83. The third-order valence-electron chi connectivity index (χ3n) is 6.46. The Morgan fingerprint density at radius 2 is 2.39 bits per heavy atom. The van der Waals surface area contributed by atoms with Crippen molar-refractivity contribution in [2.75, 3.05) is 23.8 Å². The Hall–Kier alpha value is -1.43. The van der Waals surface area contributed by atoms with Crippen LogP contribution in [-0.2, 0) is 9.53 Å². The SMILES string of the molecule is CCCCC(CC)COC(=O)CCSc1ccnc2c1OC1CC13CCCN23. The van der Waals surface area contributed by atoms with Crippen molar-refractivity contribution in [2.24, 2.45) is 5.92 Å². The average Bonchev–Trinajstić information content (AvgIpc) is 3.24. The first-order valence-electron chi connectivity index (χ1n) is 10.9. The number of pyridine rings is 1. The average molecular weight is 405 g/mol. The van der Waals surface area contributed by atoms with E-state index in [2.05, 4.69) is 23.7 Å². The maximum atomic E-state index is 12.1. The molecule has 0 amide bonds. The van der Waals surface area contributed by atoms with Gasteiger partial charge in [-0.3, -0.25) is 4.79 Å². The number of unbranched alkanes of at least 4 members (excludes halogenated alkanes) is 1. The number of carbonyl (C=O) groups excluding carboxylic acids is 1. The Kier molecular flexibility index (Phi) is 6.04. The van der Waals surface area contributed by atoms with Gasteiger partial charge in [0.25, 0.3) is 0 Å². The molecule has 0 N–H and O–H groups in total. The maximum Gasteiger partial charge on any atom is 0.306 e. The molecule has 6 heteroatoms. The number of nitrogens with zero attached hydrogens (tertiary/aromatic N) is 2. The van der Waals surface area contributed by atoms with Gasteiger partial charge in [0.2, 0.25) is 0 Å². The summed E-state index contributed by atoms with van der Waals surface area (Å²) in [4.78, 5) is 20.3. The van der Waals surface area contributed by atoms with E-state index in [1.807, 2.05) is 12.3 Å². The summed E-state index contributed by atoms with van der Waals surface area (Å²) >= 11 is 1.68. The Morgan fingerprint density at radius 3 is 3.21 bits per heavy atom. The zero-order valence-electron chi connectivity index (χ0n) is 17.1. The van der Waals surface area contributed by atoms with Gasteiger partial charge in [0.1, 0.15) is 6.10 Å². The summed E-state index contributed by atoms with van der Waals surface area (Å²) in [6.07, 6.45) is 10.8. The fourth-order valence-electron chi connectivity index (χ4n) is 4.58. The highest BCUT2D eigenvalue weighted by Crippen LogP contribution is 2.59. The number of rotatable bonds is 10. The summed E-state index contributed by atoms with van der Waals surface area (Å²) in [6, 6.07) is 2.01. The second-order valence-corrected chi connectivity index (χ2v) is 9.47. The van der Waals surface area contributed by atoms with Gasteiger partial charge in [0.05, 0.1) is 23.5 Å². The van der Waals surface area contributed by atoms with Gasteiger partial charge in [-0.2, -0.15) is 0 Å². The van der Waals surface area contributed by atoms with Gasteiger partial charge in [-0.05, 0) is 31.2 Å². The molecule has 3 atom stereocenters. The van der Waals surface area contributed by atoms with E-state index in [1.165, 1.54) is 25.7 Å². The first-order chi connectivity index (χ1) is 13.7. The van der Waals surface area contributed by atoms with Crippen LogP contribution in [0.25, 0.3) is 0 Å². The normalized spacial score (nSPS) is 25.4. The summed E-state index contributed by atoms with van der Waals surface area (Å²) in [5.41, 5.74) is 0.237. The fourth-order valence-corrected chi connectivity index (χ4v) is 5.50. The molecular formula is C22H32N2O3S. The van der Waals surface area contributed by atoms with Crippen LogP contribution < -0.4 is 9.64 Å². The number of fused-ring (bicyclic) bond motifs is 2. The lowest BCUT2D eigenvalue weighted by Gasteiger charge is -2.33. The van der Waals surface area contributed by atoms with Gasteiger partial charge in [0, 0.05) is 24.9 Å². The zero-order chi connectivity index (χ0) is 19.6. The highest BCUT2D eigenvalue weighted by molar-refractivity contribution is 7.99. The van der Waals surface area contributed by atoms with Crippen LogP contribution in [0.15, 0.2) is 17.2 Å². The van der Waals surface area contributed by atoms with E-state index in [0.29, 0.717) is 30.8 Å². The van der Waals surface area contributed by atoms with Crippen LogP contribution in [0.3, 0.4) is 0 Å². The molecule has 3 aliphatic rings. The molecular weight excluding hydrogens is 372 g/mol. The lowest BCUT2D eigenvalue weighted by atomic mass is 10.0. The monoisotopic (exact) mass is 404 g/mol. The number of esters is 1. The molecule has 1 saturated carbocycles. The minimum atomic E-state index is -0.0907. The second-order valence-electron chi connectivity index (χ2n) is 8.33. The highest BCUT2D eigenvalue weighted by Gasteiger charge is 2.65. The lowest BCUT2D eigenvalue weighted by molar-refractivity contribution is -0.144. The van der Waals surface area contributed by atoms with Gasteiger partial charge in [-0.25, -0.2) is 4.98 Å². The van der Waals surface area contributed by atoms with Crippen LogP contribution >= 0.6 is 11.8 Å². The molecule has 1 saturated heterocycles. The molecule has 3 heterocycles. The number of carbonyl (C=O) groups is 1. The number of aromatic nitrogens is 1. The third-order valence-corrected chi connectivity index (χ3v) is 7.50. The first-order valence-corrected chi connectivity index (χ1v) is 11.9. The van der Waals surface area contributed by atoms with Crippen molar-refractivity contribution in [2.45, 2.75) is 81.8 Å². The number of hydrogen-bond acceptors (Lipinski definition) is 6. The van der Waals surface area contributed by atoms with Crippen molar-refractivity contribution in [3.05, 3.63) is 12.3 Å². The van der Waals surface area contributed by atoms with Crippen LogP contribution in [-0.4, -0.2) is 41.5 Å². The molecule has 28 heavy (non-hydrogen) atoms. The third kappa shape index (κ3) is 3.85. The van der Waals surface area contributed by atoms with E-state index in [9.17, 15) is 4.79 Å². The van der Waals surface area contributed by atoms with E-state index in [1.54, 1.807) is 11.8 Å². The molecule has 1 aromatic heterocycles. The van der Waals surface area contributed by atoms with Crippen LogP contribution in [0.1, 0.15) is 65.2 Å². The molecule has 1 aromatic rings. The van der Waals surface area contributed by atoms with Crippen LogP contribution in [0.4, 0.5) is 5.82 Å². The summed E-state index contributed by atoms with van der Waals surface area (Å²) in [5.74, 6) is 3.04. The minimum absolute atomic E-state index is 0.0907. The molecule has 1 spiro atoms. The Morgan fingerprint density at radius 1 is 1.50 bits per heavy atom. The van der Waals surface area contributed by atoms with Crippen molar-refractivity contribution in [3.8, 4) is 5.75 Å². The molecule has 0 aromatic carbocycles. The van der Waals surface area contributed by atoms with Crippen molar-refractivity contribution in [1.29, 1.82) is 0 Å². The van der Waals surface area contributed by atoms with Crippen molar-refractivity contribution in [3.63, 3.8) is 0 Å². The minimum Gasteiger partial charge on any atom is -0.483 e. The quantitative estimate of drug-likeness (QED) is 0.411. The van der Waals surface area contributed by atoms with Crippen molar-refractivity contribution < 1.29 is 14.3 Å². The number of thioether (sulfide) groups is 1. The van der Waals surface area contributed by atoms with Gasteiger partial charge in [-0.1, -0.05) is 33.1 Å². The summed E-state index contributed by atoms with van der Waals surface area (Å²) in [6.45, 7) is 6.01. The van der Waals surface area contributed by atoms with Crippen LogP contribution in [0.2, 0.25) is 0 Å². The number of hydrogen-bond donors (Lipinski definition) is 0. The van der Waals surface area contributed by atoms with Crippen molar-refractivity contribution in [1.82, 2.24) is 4.98 Å². The Bertz CT molecular complexity index is 713. The van der Waals surface area contributed by atoms with Gasteiger partial charge in [-0.15, -0.1) is 11.8 Å². The van der Waals surface area contributed by atoms with E-state index < -0.39 is 0 Å².